The zero-order chi connectivity index (χ0) is 8.32. The summed E-state index contributed by atoms with van der Waals surface area (Å²) in [6, 6.07) is 1.77. The number of nitriles is 1. The number of aliphatic imine (C=N–C) groups is 2. The third-order valence-corrected chi connectivity index (χ3v) is 1.49. The maximum atomic E-state index is 11.1. The fourth-order valence-corrected chi connectivity index (χ4v) is 0.774. The van der Waals surface area contributed by atoms with Gasteiger partial charge in [-0.25, -0.2) is 0 Å². The Bertz CT molecular complexity index is 260. The number of rotatable bonds is 2. The first-order valence-electron chi connectivity index (χ1n) is 3.18. The van der Waals surface area contributed by atoms with Crippen molar-refractivity contribution in [3.05, 3.63) is 0 Å². The summed E-state index contributed by atoms with van der Waals surface area (Å²) < 4.78 is 0. The Morgan fingerprint density at radius 1 is 1.64 bits per heavy atom. The number of carbonyl (C=O) groups excluding carboxylic acids is 1. The zero-order valence-corrected chi connectivity index (χ0v) is 6.11. The molecule has 0 amide bonds. The number of hydrogen-bond donors (Lipinski definition) is 0. The van der Waals surface area contributed by atoms with Gasteiger partial charge in [-0.1, -0.05) is 0 Å². The molecule has 0 aromatic carbocycles. The lowest BCUT2D eigenvalue weighted by Gasteiger charge is -2.12. The Hall–Kier alpha value is -1.50. The maximum absolute atomic E-state index is 11.1. The number of ketones is 1. The molecule has 4 nitrogen and oxygen atoms in total. The van der Waals surface area contributed by atoms with Crippen LogP contribution in [0.15, 0.2) is 9.98 Å². The van der Waals surface area contributed by atoms with Gasteiger partial charge in [0.05, 0.1) is 12.5 Å². The summed E-state index contributed by atoms with van der Waals surface area (Å²) in [7, 11) is 0. The van der Waals surface area contributed by atoms with Gasteiger partial charge in [-0.05, 0) is 6.92 Å². The summed E-state index contributed by atoms with van der Waals surface area (Å²) in [6.07, 6.45) is 2.80. The van der Waals surface area contributed by atoms with Gasteiger partial charge >= 0.3 is 0 Å². The van der Waals surface area contributed by atoms with Crippen LogP contribution in [-0.2, 0) is 4.79 Å². The molecule has 0 aliphatic carbocycles. The van der Waals surface area contributed by atoms with Gasteiger partial charge < -0.3 is 0 Å². The molecule has 0 aromatic heterocycles. The minimum atomic E-state index is -1.02. The van der Waals surface area contributed by atoms with Crippen molar-refractivity contribution in [2.24, 2.45) is 9.98 Å². The second kappa shape index (κ2) is 2.62. The molecule has 0 fully saturated rings. The van der Waals surface area contributed by atoms with Crippen molar-refractivity contribution in [1.82, 2.24) is 0 Å². The molecule has 0 unspecified atom stereocenters. The molecule has 56 valence electrons. The van der Waals surface area contributed by atoms with E-state index in [9.17, 15) is 4.79 Å². The molecule has 1 aliphatic heterocycles. The molecule has 1 heterocycles. The van der Waals surface area contributed by atoms with Crippen LogP contribution < -0.4 is 0 Å². The molecule has 0 saturated carbocycles. The van der Waals surface area contributed by atoms with Crippen LogP contribution in [0.3, 0.4) is 0 Å². The maximum Gasteiger partial charge on any atom is 0.206 e. The molecule has 0 N–H and O–H groups in total. The monoisotopic (exact) mass is 149 g/mol. The Kier molecular flexibility index (Phi) is 1.81. The number of nitrogens with zero attached hydrogens (tertiary/aromatic N) is 3. The minimum absolute atomic E-state index is 0.134. The van der Waals surface area contributed by atoms with Crippen LogP contribution in [0.25, 0.3) is 0 Å². The van der Waals surface area contributed by atoms with Crippen molar-refractivity contribution in [2.45, 2.75) is 19.0 Å². The highest BCUT2D eigenvalue weighted by atomic mass is 16.1. The van der Waals surface area contributed by atoms with E-state index in [1.807, 2.05) is 0 Å². The summed E-state index contributed by atoms with van der Waals surface area (Å²) in [4.78, 5) is 18.8. The van der Waals surface area contributed by atoms with Gasteiger partial charge in [0, 0.05) is 12.4 Å². The lowest BCUT2D eigenvalue weighted by molar-refractivity contribution is -0.122. The van der Waals surface area contributed by atoms with Gasteiger partial charge in [0.1, 0.15) is 0 Å². The molecule has 0 bridgehead atoms. The standard InChI is InChI=1S/C7H7N3O/c1-7(6(11)2-3-8)9-4-5-10-7/h4-5H,2H2,1H3. The first-order chi connectivity index (χ1) is 5.19. The Balaban J connectivity index is 2.75. The Morgan fingerprint density at radius 2 is 2.18 bits per heavy atom. The van der Waals surface area contributed by atoms with Crippen molar-refractivity contribution < 1.29 is 4.79 Å². The first-order valence-corrected chi connectivity index (χ1v) is 3.18. The molecular weight excluding hydrogens is 142 g/mol. The molecular formula is C7H7N3O. The van der Waals surface area contributed by atoms with Crippen LogP contribution in [0.4, 0.5) is 0 Å². The van der Waals surface area contributed by atoms with Crippen molar-refractivity contribution >= 4 is 18.2 Å². The average molecular weight is 149 g/mol. The van der Waals surface area contributed by atoms with E-state index in [1.165, 1.54) is 12.4 Å². The second-order valence-electron chi connectivity index (χ2n) is 2.34. The molecule has 4 heteroatoms. The second-order valence-corrected chi connectivity index (χ2v) is 2.34. The van der Waals surface area contributed by atoms with E-state index in [4.69, 9.17) is 5.26 Å². The summed E-state index contributed by atoms with van der Waals surface area (Å²) in [5.74, 6) is -0.259. The topological polar surface area (TPSA) is 65.6 Å². The first kappa shape index (κ1) is 7.61. The third-order valence-electron chi connectivity index (χ3n) is 1.49. The Labute approximate surface area is 64.3 Å². The van der Waals surface area contributed by atoms with Crippen LogP contribution in [0.2, 0.25) is 0 Å². The molecule has 0 aromatic rings. The van der Waals surface area contributed by atoms with Crippen molar-refractivity contribution in [3.8, 4) is 6.07 Å². The highest BCUT2D eigenvalue weighted by Crippen LogP contribution is 2.16. The molecule has 0 spiro atoms. The summed E-state index contributed by atoms with van der Waals surface area (Å²) in [5.41, 5.74) is -1.02. The number of Topliss-reactive ketones (excluding diaryl/α,β-unsaturated/α-hetero) is 1. The largest absolute Gasteiger partial charge is 0.294 e. The van der Waals surface area contributed by atoms with Gasteiger partial charge in [-0.3, -0.25) is 14.8 Å². The quantitative estimate of drug-likeness (QED) is 0.568. The van der Waals surface area contributed by atoms with Crippen molar-refractivity contribution in [2.75, 3.05) is 0 Å². The summed E-state index contributed by atoms with van der Waals surface area (Å²) in [5, 5.41) is 8.24. The van der Waals surface area contributed by atoms with E-state index in [2.05, 4.69) is 9.98 Å². The predicted molar refractivity (Wildman–Crippen MR) is 40.6 cm³/mol. The van der Waals surface area contributed by atoms with E-state index in [1.54, 1.807) is 13.0 Å². The molecule has 1 aliphatic rings. The third kappa shape index (κ3) is 1.32. The summed E-state index contributed by atoms with van der Waals surface area (Å²) in [6.45, 7) is 1.59. The van der Waals surface area contributed by atoms with E-state index in [0.29, 0.717) is 0 Å². The summed E-state index contributed by atoms with van der Waals surface area (Å²) >= 11 is 0. The van der Waals surface area contributed by atoms with E-state index in [-0.39, 0.29) is 12.2 Å². The van der Waals surface area contributed by atoms with E-state index >= 15 is 0 Å². The van der Waals surface area contributed by atoms with Gasteiger partial charge in [0.25, 0.3) is 0 Å². The number of carbonyl (C=O) groups is 1. The SMILES string of the molecule is CC1(C(=O)CC#N)N=CC=N1. The van der Waals surface area contributed by atoms with Crippen molar-refractivity contribution in [1.29, 1.82) is 5.26 Å². The van der Waals surface area contributed by atoms with E-state index in [0.717, 1.165) is 0 Å². The van der Waals surface area contributed by atoms with Gasteiger partial charge in [-0.15, -0.1) is 0 Å². The molecule has 11 heavy (non-hydrogen) atoms. The zero-order valence-electron chi connectivity index (χ0n) is 6.11. The molecule has 1 rings (SSSR count). The molecule has 0 atom stereocenters. The van der Waals surface area contributed by atoms with Crippen LogP contribution in [0, 0.1) is 11.3 Å². The van der Waals surface area contributed by atoms with Crippen LogP contribution in [0.1, 0.15) is 13.3 Å². The fourth-order valence-electron chi connectivity index (χ4n) is 0.774. The minimum Gasteiger partial charge on any atom is -0.294 e. The lowest BCUT2D eigenvalue weighted by Crippen LogP contribution is -2.28. The fraction of sp³-hybridized carbons (Fsp3) is 0.429. The smallest absolute Gasteiger partial charge is 0.206 e. The van der Waals surface area contributed by atoms with Gasteiger partial charge in [0.2, 0.25) is 5.66 Å². The van der Waals surface area contributed by atoms with Crippen LogP contribution in [-0.4, -0.2) is 23.9 Å². The lowest BCUT2D eigenvalue weighted by atomic mass is 10.1. The normalized spacial score (nSPS) is 18.2. The Morgan fingerprint density at radius 3 is 2.64 bits per heavy atom. The molecule has 0 saturated heterocycles. The van der Waals surface area contributed by atoms with Crippen molar-refractivity contribution in [3.63, 3.8) is 0 Å². The highest BCUT2D eigenvalue weighted by molar-refractivity contribution is 6.19. The van der Waals surface area contributed by atoms with Crippen LogP contribution >= 0.6 is 0 Å². The predicted octanol–water partition coefficient (Wildman–Crippen LogP) is 0.341. The number of hydrogen-bond acceptors (Lipinski definition) is 4. The average Bonchev–Trinajstić information content (AvgIpc) is 2.38. The highest BCUT2D eigenvalue weighted by Gasteiger charge is 2.31. The van der Waals surface area contributed by atoms with Gasteiger partial charge in [0.15, 0.2) is 5.78 Å². The van der Waals surface area contributed by atoms with E-state index < -0.39 is 5.66 Å². The van der Waals surface area contributed by atoms with Gasteiger partial charge in [-0.2, -0.15) is 5.26 Å². The van der Waals surface area contributed by atoms with Crippen LogP contribution in [0.5, 0.6) is 0 Å². The molecule has 0 radical (unpaired) electrons.